The molecule has 30 heavy (non-hydrogen) atoms. The van der Waals surface area contributed by atoms with Crippen LogP contribution in [-0.4, -0.2) is 48.0 Å². The average molecular weight is 436 g/mol. The molecule has 2 aromatic rings. The molecule has 1 aromatic heterocycles. The zero-order valence-corrected chi connectivity index (χ0v) is 18.6. The Morgan fingerprint density at radius 3 is 2.73 bits per heavy atom. The lowest BCUT2D eigenvalue weighted by molar-refractivity contribution is 0.0127. The Hall–Kier alpha value is -2.19. The van der Waals surface area contributed by atoms with Gasteiger partial charge in [-0.1, -0.05) is 18.2 Å². The quantitative estimate of drug-likeness (QED) is 0.495. The fourth-order valence-corrected chi connectivity index (χ4v) is 4.07. The molecule has 1 N–H and O–H groups in total. The molecule has 0 unspecified atom stereocenters. The number of carbonyl (C=O) groups is 1. The third-order valence-corrected chi connectivity index (χ3v) is 5.78. The summed E-state index contributed by atoms with van der Waals surface area (Å²) in [5.41, 5.74) is 0.204. The number of hydrogen-bond acceptors (Lipinski definition) is 6. The van der Waals surface area contributed by atoms with Crippen LogP contribution in [0.5, 0.6) is 0 Å². The van der Waals surface area contributed by atoms with E-state index >= 15 is 0 Å². The minimum atomic E-state index is -0.465. The largest absolute Gasteiger partial charge is 0.444 e. The maximum absolute atomic E-state index is 13.8. The van der Waals surface area contributed by atoms with Gasteiger partial charge < -0.3 is 19.7 Å². The van der Waals surface area contributed by atoms with E-state index in [0.29, 0.717) is 44.3 Å². The van der Waals surface area contributed by atoms with Crippen molar-refractivity contribution in [3.05, 3.63) is 46.7 Å². The van der Waals surface area contributed by atoms with Crippen LogP contribution in [-0.2, 0) is 15.9 Å². The molecular formula is C22H30FN3O3S. The van der Waals surface area contributed by atoms with Crippen LogP contribution in [0.15, 0.2) is 30.5 Å². The summed E-state index contributed by atoms with van der Waals surface area (Å²) < 4.78 is 25.0. The smallest absolute Gasteiger partial charge is 0.410 e. The third-order valence-electron chi connectivity index (χ3n) is 4.82. The van der Waals surface area contributed by atoms with Crippen molar-refractivity contribution in [2.75, 3.05) is 31.7 Å². The van der Waals surface area contributed by atoms with Crippen LogP contribution in [0.1, 0.15) is 44.1 Å². The number of ether oxygens (including phenoxy) is 2. The van der Waals surface area contributed by atoms with Gasteiger partial charge in [-0.3, -0.25) is 0 Å². The number of carbonyl (C=O) groups excluding carboxylic acids is 1. The van der Waals surface area contributed by atoms with Gasteiger partial charge in [0.05, 0.1) is 6.61 Å². The summed E-state index contributed by atoms with van der Waals surface area (Å²) >= 11 is 1.50. The standard InChI is InChI=1S/C22H30FN3O3S/c1-22(2,3)29-21(27)26-10-8-16(9-11-26)14-28-15-25-20-24-13-18(30-20)12-17-6-4-5-7-19(17)23/h4-7,13,16H,8-12,14-15H2,1-3H3,(H,24,25). The number of likely N-dealkylation sites (tertiary alicyclic amines) is 1. The summed E-state index contributed by atoms with van der Waals surface area (Å²) in [4.78, 5) is 19.2. The van der Waals surface area contributed by atoms with Crippen LogP contribution < -0.4 is 5.32 Å². The highest BCUT2D eigenvalue weighted by Gasteiger charge is 2.26. The average Bonchev–Trinajstić information content (AvgIpc) is 3.13. The number of thiazole rings is 1. The number of amides is 1. The number of anilines is 1. The zero-order chi connectivity index (χ0) is 21.6. The van der Waals surface area contributed by atoms with Crippen LogP contribution in [0.25, 0.3) is 0 Å². The molecule has 3 rings (SSSR count). The molecule has 2 heterocycles. The molecular weight excluding hydrogens is 405 g/mol. The predicted molar refractivity (Wildman–Crippen MR) is 116 cm³/mol. The van der Waals surface area contributed by atoms with Gasteiger partial charge in [0.1, 0.15) is 18.1 Å². The van der Waals surface area contributed by atoms with E-state index in [-0.39, 0.29) is 11.9 Å². The van der Waals surface area contributed by atoms with Crippen LogP contribution >= 0.6 is 11.3 Å². The lowest BCUT2D eigenvalue weighted by Gasteiger charge is -2.33. The Kier molecular flexibility index (Phi) is 7.66. The molecule has 1 fully saturated rings. The fraction of sp³-hybridized carbons (Fsp3) is 0.545. The summed E-state index contributed by atoms with van der Waals surface area (Å²) in [6.45, 7) is 8.05. The van der Waals surface area contributed by atoms with Gasteiger partial charge in [0.25, 0.3) is 0 Å². The minimum absolute atomic E-state index is 0.193. The summed E-state index contributed by atoms with van der Waals surface area (Å²) in [7, 11) is 0. The Labute approximate surface area is 181 Å². The number of hydrogen-bond donors (Lipinski definition) is 1. The Morgan fingerprint density at radius 1 is 1.30 bits per heavy atom. The second-order valence-corrected chi connectivity index (χ2v) is 9.62. The van der Waals surface area contributed by atoms with Crippen LogP contribution in [0.4, 0.5) is 14.3 Å². The number of nitrogens with zero attached hydrogens (tertiary/aromatic N) is 2. The highest BCUT2D eigenvalue weighted by atomic mass is 32.1. The van der Waals surface area contributed by atoms with Crippen LogP contribution in [0.3, 0.4) is 0 Å². The van der Waals surface area contributed by atoms with Gasteiger partial charge in [0, 0.05) is 30.6 Å². The summed E-state index contributed by atoms with van der Waals surface area (Å²) in [6, 6.07) is 6.79. The molecule has 0 saturated carbocycles. The molecule has 6 nitrogen and oxygen atoms in total. The van der Waals surface area contributed by atoms with Crippen molar-refractivity contribution >= 4 is 22.6 Å². The van der Waals surface area contributed by atoms with Crippen molar-refractivity contribution in [1.29, 1.82) is 0 Å². The molecule has 1 amide bonds. The first-order valence-corrected chi connectivity index (χ1v) is 11.1. The second kappa shape index (κ2) is 10.2. The fourth-order valence-electron chi connectivity index (χ4n) is 3.25. The lowest BCUT2D eigenvalue weighted by Crippen LogP contribution is -2.42. The number of halogens is 1. The van der Waals surface area contributed by atoms with E-state index in [0.717, 1.165) is 22.9 Å². The van der Waals surface area contributed by atoms with E-state index in [1.807, 2.05) is 26.8 Å². The molecule has 8 heteroatoms. The van der Waals surface area contributed by atoms with Crippen molar-refractivity contribution in [3.63, 3.8) is 0 Å². The van der Waals surface area contributed by atoms with Crippen LogP contribution in [0.2, 0.25) is 0 Å². The van der Waals surface area contributed by atoms with E-state index in [1.54, 1.807) is 23.2 Å². The Morgan fingerprint density at radius 2 is 2.03 bits per heavy atom. The first-order valence-electron chi connectivity index (χ1n) is 10.3. The minimum Gasteiger partial charge on any atom is -0.444 e. The monoisotopic (exact) mass is 435 g/mol. The van der Waals surface area contributed by atoms with Crippen molar-refractivity contribution in [2.24, 2.45) is 5.92 Å². The second-order valence-electron chi connectivity index (χ2n) is 8.50. The van der Waals surface area contributed by atoms with Gasteiger partial charge in [-0.25, -0.2) is 14.2 Å². The highest BCUT2D eigenvalue weighted by Crippen LogP contribution is 2.23. The molecule has 1 aromatic carbocycles. The summed E-state index contributed by atoms with van der Waals surface area (Å²) in [6.07, 6.45) is 3.88. The highest BCUT2D eigenvalue weighted by molar-refractivity contribution is 7.15. The van der Waals surface area contributed by atoms with E-state index < -0.39 is 5.60 Å². The Bertz CT molecular complexity index is 829. The number of piperidine rings is 1. The number of rotatable bonds is 7. The van der Waals surface area contributed by atoms with Gasteiger partial charge in [0.15, 0.2) is 5.13 Å². The van der Waals surface area contributed by atoms with Gasteiger partial charge in [-0.15, -0.1) is 11.3 Å². The third kappa shape index (κ3) is 6.95. The first-order chi connectivity index (χ1) is 14.3. The molecule has 1 aliphatic heterocycles. The summed E-state index contributed by atoms with van der Waals surface area (Å²) in [5.74, 6) is 0.236. The molecule has 1 aliphatic rings. The zero-order valence-electron chi connectivity index (χ0n) is 17.8. The van der Waals surface area contributed by atoms with E-state index in [2.05, 4.69) is 10.3 Å². The SMILES string of the molecule is CC(C)(C)OC(=O)N1CCC(COCNc2ncc(Cc3ccccc3F)s2)CC1. The Balaban J connectivity index is 1.33. The molecule has 0 bridgehead atoms. The predicted octanol–water partition coefficient (Wildman–Crippen LogP) is 4.91. The van der Waals surface area contributed by atoms with Crippen molar-refractivity contribution in [3.8, 4) is 0 Å². The van der Waals surface area contributed by atoms with Gasteiger partial charge >= 0.3 is 6.09 Å². The molecule has 0 atom stereocenters. The van der Waals surface area contributed by atoms with Crippen molar-refractivity contribution in [2.45, 2.75) is 45.6 Å². The molecule has 0 radical (unpaired) electrons. The van der Waals surface area contributed by atoms with Crippen molar-refractivity contribution in [1.82, 2.24) is 9.88 Å². The summed E-state index contributed by atoms with van der Waals surface area (Å²) in [5, 5.41) is 3.93. The van der Waals surface area contributed by atoms with E-state index in [9.17, 15) is 9.18 Å². The van der Waals surface area contributed by atoms with Gasteiger partial charge in [-0.05, 0) is 51.2 Å². The molecule has 164 valence electrons. The maximum atomic E-state index is 13.8. The first kappa shape index (κ1) is 22.5. The maximum Gasteiger partial charge on any atom is 0.410 e. The van der Waals surface area contributed by atoms with E-state index in [1.165, 1.54) is 17.4 Å². The van der Waals surface area contributed by atoms with Crippen LogP contribution in [0, 0.1) is 11.7 Å². The van der Waals surface area contributed by atoms with E-state index in [4.69, 9.17) is 9.47 Å². The normalized spacial score (nSPS) is 15.3. The van der Waals surface area contributed by atoms with Gasteiger partial charge in [0.2, 0.25) is 0 Å². The molecule has 1 saturated heterocycles. The van der Waals surface area contributed by atoms with Crippen molar-refractivity contribution < 1.29 is 18.7 Å². The van der Waals surface area contributed by atoms with Gasteiger partial charge in [-0.2, -0.15) is 0 Å². The number of aromatic nitrogens is 1. The number of nitrogens with one attached hydrogen (secondary N) is 1. The molecule has 0 spiro atoms. The topological polar surface area (TPSA) is 63.7 Å². The number of benzene rings is 1. The lowest BCUT2D eigenvalue weighted by atomic mass is 9.98. The molecule has 0 aliphatic carbocycles.